The van der Waals surface area contributed by atoms with E-state index in [9.17, 15) is 29.7 Å². The van der Waals surface area contributed by atoms with Crippen molar-refractivity contribution in [2.24, 2.45) is 0 Å². The van der Waals surface area contributed by atoms with Crippen LogP contribution in [0.3, 0.4) is 0 Å². The van der Waals surface area contributed by atoms with Gasteiger partial charge in [0.05, 0.1) is 0 Å². The third-order valence-corrected chi connectivity index (χ3v) is 12.1. The average molecular weight is 569 g/mol. The molecule has 9 nitrogen and oxygen atoms in total. The number of hydrogen-bond acceptors (Lipinski definition) is 9. The van der Waals surface area contributed by atoms with Crippen molar-refractivity contribution in [2.45, 2.75) is 121 Å². The van der Waals surface area contributed by atoms with Gasteiger partial charge >= 0.3 is 198 Å². The minimum atomic E-state index is -5.29. The molecule has 3 atom stereocenters. The predicted molar refractivity (Wildman–Crippen MR) is 120 cm³/mol. The van der Waals surface area contributed by atoms with Gasteiger partial charge in [0.1, 0.15) is 0 Å². The van der Waals surface area contributed by atoms with Crippen molar-refractivity contribution in [2.75, 3.05) is 0 Å². The fraction of sp³-hybridized carbons (Fsp3) is 0.864. The molecule has 0 saturated carbocycles. The van der Waals surface area contributed by atoms with Crippen molar-refractivity contribution in [3.63, 3.8) is 0 Å². The molecule has 0 aliphatic rings. The summed E-state index contributed by atoms with van der Waals surface area (Å²) in [4.78, 5) is 37.6. The van der Waals surface area contributed by atoms with Crippen LogP contribution in [-0.2, 0) is 23.6 Å². The van der Waals surface area contributed by atoms with Gasteiger partial charge in [-0.05, 0) is 0 Å². The first-order chi connectivity index (χ1) is 15.2. The zero-order chi connectivity index (χ0) is 24.6. The summed E-state index contributed by atoms with van der Waals surface area (Å²) in [5.74, 6) is -3.05. The summed E-state index contributed by atoms with van der Waals surface area (Å²) in [6.45, 7) is 7.58. The Morgan fingerprint density at radius 1 is 0.594 bits per heavy atom. The van der Waals surface area contributed by atoms with Crippen molar-refractivity contribution in [1.29, 1.82) is 0 Å². The number of rotatable bonds is 18. The third-order valence-electron chi connectivity index (χ3n) is 4.91. The topological polar surface area (TPSA) is 140 Å². The van der Waals surface area contributed by atoms with E-state index < -0.39 is 55.8 Å². The molecule has 3 unspecified atom stereocenters. The fourth-order valence-electron chi connectivity index (χ4n) is 2.82. The van der Waals surface area contributed by atoms with Crippen LogP contribution >= 0.6 is 0 Å². The zero-order valence-electron chi connectivity index (χ0n) is 20.0. The van der Waals surface area contributed by atoms with Gasteiger partial charge in [0.15, 0.2) is 0 Å². The molecule has 0 radical (unpaired) electrons. The van der Waals surface area contributed by atoms with Gasteiger partial charge in [-0.3, -0.25) is 0 Å². The molecule has 0 aliphatic carbocycles. The van der Waals surface area contributed by atoms with Crippen LogP contribution < -0.4 is 0 Å². The molecule has 0 aliphatic heterocycles. The van der Waals surface area contributed by atoms with E-state index in [2.05, 4.69) is 0 Å². The Hall–Kier alpha value is -0.911. The molecule has 10 heteroatoms. The molecule has 0 aromatic heterocycles. The van der Waals surface area contributed by atoms with E-state index in [-0.39, 0.29) is 23.7 Å². The number of aliphatic hydroxyl groups excluding tert-OH is 3. The molecule has 0 aromatic carbocycles. The van der Waals surface area contributed by atoms with Crippen molar-refractivity contribution in [1.82, 2.24) is 0 Å². The first-order valence-electron chi connectivity index (χ1n) is 11.9. The fourth-order valence-corrected chi connectivity index (χ4v) is 10.1. The van der Waals surface area contributed by atoms with Crippen molar-refractivity contribution >= 4 is 37.5 Å². The Morgan fingerprint density at radius 3 is 1.12 bits per heavy atom. The van der Waals surface area contributed by atoms with Crippen molar-refractivity contribution < 1.29 is 38.9 Å². The van der Waals surface area contributed by atoms with Crippen LogP contribution in [0.2, 0.25) is 4.44 Å². The van der Waals surface area contributed by atoms with E-state index >= 15 is 0 Å². The van der Waals surface area contributed by atoms with E-state index in [1.54, 1.807) is 0 Å². The second-order valence-electron chi connectivity index (χ2n) is 8.02. The van der Waals surface area contributed by atoms with Gasteiger partial charge in [0, 0.05) is 0 Å². The Morgan fingerprint density at radius 2 is 0.875 bits per heavy atom. The molecule has 0 saturated heterocycles. The van der Waals surface area contributed by atoms with Crippen LogP contribution in [0, 0.1) is 0 Å². The minimum absolute atomic E-state index is 0.00981. The van der Waals surface area contributed by atoms with Crippen LogP contribution in [0.4, 0.5) is 0 Å². The second kappa shape index (κ2) is 17.5. The van der Waals surface area contributed by atoms with Gasteiger partial charge in [0.2, 0.25) is 0 Å². The Labute approximate surface area is 197 Å². The predicted octanol–water partition coefficient (Wildman–Crippen LogP) is 3.01. The first-order valence-corrected chi connectivity index (χ1v) is 17.4. The van der Waals surface area contributed by atoms with Gasteiger partial charge < -0.3 is 0 Å². The molecule has 0 aromatic rings. The summed E-state index contributed by atoms with van der Waals surface area (Å²) in [6.07, 6.45) is 1.23. The molecule has 0 fully saturated rings. The number of hydrogen-bond donors (Lipinski definition) is 3. The summed E-state index contributed by atoms with van der Waals surface area (Å²) in [6, 6.07) is 0. The van der Waals surface area contributed by atoms with Crippen LogP contribution in [0.1, 0.15) is 98.3 Å². The first kappa shape index (κ1) is 31.1. The Kier molecular flexibility index (Phi) is 17.0. The van der Waals surface area contributed by atoms with Crippen molar-refractivity contribution in [3.8, 4) is 0 Å². The monoisotopic (exact) mass is 570 g/mol. The van der Waals surface area contributed by atoms with Gasteiger partial charge in [0.25, 0.3) is 0 Å². The number of carbonyl (C=O) groups excluding carboxylic acids is 3. The van der Waals surface area contributed by atoms with E-state index in [0.717, 1.165) is 19.3 Å². The third kappa shape index (κ3) is 12.4. The molecule has 0 amide bonds. The summed E-state index contributed by atoms with van der Waals surface area (Å²) in [5, 5.41) is 30.4. The molecule has 32 heavy (non-hydrogen) atoms. The SMILES string of the molecule is CCCCC(O)C(=O)[O][Sn]([CH2]CCC)([O]C(=O)C(O)CCCC)[O]C(=O)C(O)CCCC. The van der Waals surface area contributed by atoms with Crippen LogP contribution in [0.15, 0.2) is 0 Å². The molecular weight excluding hydrogens is 527 g/mol. The quantitative estimate of drug-likeness (QED) is 0.213. The Bertz CT molecular complexity index is 486. The standard InChI is InChI=1S/3C6H12O3.C4H9.Sn/c3*1-2-3-4-5(7)6(8)9;1-3-4-2;/h3*5,7H,2-4H2,1H3,(H,8,9);1,3-4H2,2H3;/q;;;;+3/p-3. The van der Waals surface area contributed by atoms with E-state index in [1.165, 1.54) is 0 Å². The van der Waals surface area contributed by atoms with Crippen LogP contribution in [0.25, 0.3) is 0 Å². The maximum absolute atomic E-state index is 12.5. The number of unbranched alkanes of at least 4 members (excludes halogenated alkanes) is 4. The average Bonchev–Trinajstić information content (AvgIpc) is 2.77. The second-order valence-corrected chi connectivity index (χ2v) is 15.1. The number of aliphatic hydroxyl groups is 3. The van der Waals surface area contributed by atoms with Gasteiger partial charge in [-0.2, -0.15) is 0 Å². The maximum atomic E-state index is 12.5. The Balaban J connectivity index is 5.76. The number of carbonyl (C=O) groups is 3. The van der Waals surface area contributed by atoms with Gasteiger partial charge in [-0.25, -0.2) is 0 Å². The van der Waals surface area contributed by atoms with Gasteiger partial charge in [-0.15, -0.1) is 0 Å². The van der Waals surface area contributed by atoms with Gasteiger partial charge in [-0.1, -0.05) is 0 Å². The molecule has 0 spiro atoms. The summed E-state index contributed by atoms with van der Waals surface area (Å²) in [5.41, 5.74) is 0. The normalized spacial score (nSPS) is 15.8. The molecule has 3 N–H and O–H groups in total. The summed E-state index contributed by atoms with van der Waals surface area (Å²) in [7, 11) is 0. The molecule has 0 rings (SSSR count). The molecular formula is C22H42O9Sn. The summed E-state index contributed by atoms with van der Waals surface area (Å²) >= 11 is -5.29. The molecule has 188 valence electrons. The molecule has 0 heterocycles. The van der Waals surface area contributed by atoms with Crippen molar-refractivity contribution in [3.05, 3.63) is 0 Å². The van der Waals surface area contributed by atoms with E-state index in [4.69, 9.17) is 9.22 Å². The van der Waals surface area contributed by atoms with E-state index in [1.807, 2.05) is 27.7 Å². The van der Waals surface area contributed by atoms with Crippen LogP contribution in [0.5, 0.6) is 0 Å². The summed E-state index contributed by atoms with van der Waals surface area (Å²) < 4.78 is 16.4. The molecule has 0 bridgehead atoms. The van der Waals surface area contributed by atoms with Crippen LogP contribution in [-0.4, -0.2) is 71.2 Å². The zero-order valence-corrected chi connectivity index (χ0v) is 22.9. The van der Waals surface area contributed by atoms with E-state index in [0.29, 0.717) is 32.1 Å².